The van der Waals surface area contributed by atoms with Gasteiger partial charge in [0, 0.05) is 50.0 Å². The Balaban J connectivity index is 1.59. The number of hydrogen-bond donors (Lipinski definition) is 2. The van der Waals surface area contributed by atoms with E-state index >= 15 is 0 Å². The molecule has 0 atom stereocenters. The van der Waals surface area contributed by atoms with E-state index in [4.69, 9.17) is 9.94 Å². The number of hydroxylamine groups is 1. The highest BCUT2D eigenvalue weighted by Gasteiger charge is 2.25. The van der Waals surface area contributed by atoms with Gasteiger partial charge in [0.2, 0.25) is 0 Å². The molecule has 2 aromatic rings. The van der Waals surface area contributed by atoms with Gasteiger partial charge in [0.05, 0.1) is 5.56 Å². The lowest BCUT2D eigenvalue weighted by atomic mass is 10.1. The highest BCUT2D eigenvalue weighted by Crippen LogP contribution is 2.24. The van der Waals surface area contributed by atoms with Crippen LogP contribution in [0.15, 0.2) is 54.9 Å². The summed E-state index contributed by atoms with van der Waals surface area (Å²) < 4.78 is 6.09. The van der Waals surface area contributed by atoms with E-state index in [1.54, 1.807) is 36.1 Å². The van der Waals surface area contributed by atoms with Gasteiger partial charge in [-0.15, -0.1) is 0 Å². The second-order valence-electron chi connectivity index (χ2n) is 6.20. The number of aromatic nitrogens is 1. The van der Waals surface area contributed by atoms with Gasteiger partial charge in [0.1, 0.15) is 11.9 Å². The molecular weight excluding hydrogens is 346 g/mol. The van der Waals surface area contributed by atoms with Gasteiger partial charge < -0.3 is 9.64 Å². The van der Waals surface area contributed by atoms with Gasteiger partial charge in [-0.3, -0.25) is 19.8 Å². The molecule has 0 aliphatic carbocycles. The Kier molecular flexibility index (Phi) is 6.17. The van der Waals surface area contributed by atoms with E-state index in [2.05, 4.69) is 4.98 Å². The quantitative estimate of drug-likeness (QED) is 0.481. The number of ether oxygens (including phenoxy) is 1. The summed E-state index contributed by atoms with van der Waals surface area (Å²) in [6, 6.07) is 10.9. The van der Waals surface area contributed by atoms with Gasteiger partial charge in [-0.1, -0.05) is 18.2 Å². The van der Waals surface area contributed by atoms with Crippen molar-refractivity contribution in [2.24, 2.45) is 0 Å². The molecule has 1 fully saturated rings. The number of likely N-dealkylation sites (tertiary alicyclic amines) is 1. The Bertz CT molecular complexity index is 815. The van der Waals surface area contributed by atoms with Crippen molar-refractivity contribution in [2.45, 2.75) is 18.9 Å². The maximum Gasteiger partial charge on any atom is 0.267 e. The maximum atomic E-state index is 12.5. The fourth-order valence-electron chi connectivity index (χ4n) is 2.96. The number of nitrogens with zero attached hydrogens (tertiary/aromatic N) is 2. The third-order valence-corrected chi connectivity index (χ3v) is 4.37. The van der Waals surface area contributed by atoms with E-state index in [1.807, 2.05) is 29.2 Å². The molecule has 27 heavy (non-hydrogen) atoms. The Hall–Kier alpha value is -3.19. The molecular formula is C20H21N3O4. The summed E-state index contributed by atoms with van der Waals surface area (Å²) in [6.45, 7) is 1.23. The lowest BCUT2D eigenvalue weighted by molar-refractivity contribution is -0.124. The first kappa shape index (κ1) is 18.6. The SMILES string of the molecule is O=C(C=Cc1ccccc1OC1CCN(C(=O)c2cccnc2)CC1)NO. The molecule has 0 bridgehead atoms. The van der Waals surface area contributed by atoms with E-state index in [0.717, 1.165) is 18.4 Å². The first-order chi connectivity index (χ1) is 13.2. The maximum absolute atomic E-state index is 12.5. The van der Waals surface area contributed by atoms with E-state index in [1.165, 1.54) is 6.08 Å². The molecule has 1 aliphatic rings. The summed E-state index contributed by atoms with van der Waals surface area (Å²) in [5.41, 5.74) is 2.89. The van der Waals surface area contributed by atoms with Crippen molar-refractivity contribution in [2.75, 3.05) is 13.1 Å². The number of carbonyl (C=O) groups is 2. The third kappa shape index (κ3) is 4.92. The van der Waals surface area contributed by atoms with Crippen LogP contribution in [0.4, 0.5) is 0 Å². The largest absolute Gasteiger partial charge is 0.490 e. The Morgan fingerprint density at radius 3 is 2.67 bits per heavy atom. The van der Waals surface area contributed by atoms with Gasteiger partial charge in [0.15, 0.2) is 0 Å². The molecule has 1 aromatic heterocycles. The number of benzene rings is 1. The number of para-hydroxylation sites is 1. The highest BCUT2D eigenvalue weighted by atomic mass is 16.5. The first-order valence-electron chi connectivity index (χ1n) is 8.74. The van der Waals surface area contributed by atoms with Crippen LogP contribution in [0.2, 0.25) is 0 Å². The van der Waals surface area contributed by atoms with Crippen LogP contribution in [-0.4, -0.2) is 46.1 Å². The fraction of sp³-hybridized carbons (Fsp3) is 0.250. The minimum absolute atomic E-state index is 0.0100. The van der Waals surface area contributed by atoms with Gasteiger partial charge in [-0.2, -0.15) is 0 Å². The number of amides is 2. The molecule has 7 heteroatoms. The van der Waals surface area contributed by atoms with Crippen LogP contribution in [0, 0.1) is 0 Å². The number of hydrogen-bond acceptors (Lipinski definition) is 5. The smallest absolute Gasteiger partial charge is 0.267 e. The molecule has 0 unspecified atom stereocenters. The highest BCUT2D eigenvalue weighted by molar-refractivity contribution is 5.94. The van der Waals surface area contributed by atoms with Crippen LogP contribution < -0.4 is 10.2 Å². The molecule has 140 valence electrons. The second kappa shape index (κ2) is 8.95. The van der Waals surface area contributed by atoms with Crippen LogP contribution >= 0.6 is 0 Å². The van der Waals surface area contributed by atoms with Crippen molar-refractivity contribution >= 4 is 17.9 Å². The predicted molar refractivity (Wildman–Crippen MR) is 99.2 cm³/mol. The fourth-order valence-corrected chi connectivity index (χ4v) is 2.96. The van der Waals surface area contributed by atoms with Crippen LogP contribution in [0.25, 0.3) is 6.08 Å². The summed E-state index contributed by atoms with van der Waals surface area (Å²) >= 11 is 0. The van der Waals surface area contributed by atoms with Gasteiger partial charge >= 0.3 is 0 Å². The summed E-state index contributed by atoms with van der Waals surface area (Å²) in [4.78, 5) is 29.5. The molecule has 1 aromatic carbocycles. The molecule has 1 saturated heterocycles. The molecule has 2 N–H and O–H groups in total. The Labute approximate surface area is 157 Å². The summed E-state index contributed by atoms with van der Waals surface area (Å²) in [5, 5.41) is 8.58. The summed E-state index contributed by atoms with van der Waals surface area (Å²) in [5.74, 6) is 0.0449. The molecule has 1 aliphatic heterocycles. The lowest BCUT2D eigenvalue weighted by Gasteiger charge is -2.32. The van der Waals surface area contributed by atoms with Gasteiger partial charge in [-0.25, -0.2) is 5.48 Å². The van der Waals surface area contributed by atoms with Crippen molar-refractivity contribution in [3.05, 3.63) is 66.0 Å². The number of rotatable bonds is 5. The van der Waals surface area contributed by atoms with Crippen LogP contribution in [0.3, 0.4) is 0 Å². The molecule has 0 spiro atoms. The van der Waals surface area contributed by atoms with Crippen molar-refractivity contribution in [3.63, 3.8) is 0 Å². The van der Waals surface area contributed by atoms with E-state index in [-0.39, 0.29) is 12.0 Å². The topological polar surface area (TPSA) is 91.8 Å². The van der Waals surface area contributed by atoms with Gasteiger partial charge in [0.25, 0.3) is 11.8 Å². The molecule has 7 nitrogen and oxygen atoms in total. The summed E-state index contributed by atoms with van der Waals surface area (Å²) in [7, 11) is 0. The van der Waals surface area contributed by atoms with Crippen molar-refractivity contribution in [3.8, 4) is 5.75 Å². The van der Waals surface area contributed by atoms with Crippen LogP contribution in [0.5, 0.6) is 5.75 Å². The van der Waals surface area contributed by atoms with Gasteiger partial charge in [-0.05, 0) is 24.3 Å². The zero-order valence-corrected chi connectivity index (χ0v) is 14.7. The zero-order chi connectivity index (χ0) is 19.1. The standard InChI is InChI=1S/C20H21N3O4/c24-19(22-26)8-7-15-4-1-2-6-18(15)27-17-9-12-23(13-10-17)20(25)16-5-3-11-21-14-16/h1-8,11,14,17,26H,9-10,12-13H2,(H,22,24). The number of piperidine rings is 1. The number of pyridine rings is 1. The molecule has 3 rings (SSSR count). The summed E-state index contributed by atoms with van der Waals surface area (Å²) in [6.07, 6.45) is 7.48. The monoisotopic (exact) mass is 367 g/mol. The second-order valence-corrected chi connectivity index (χ2v) is 6.20. The lowest BCUT2D eigenvalue weighted by Crippen LogP contribution is -2.41. The number of carbonyl (C=O) groups excluding carboxylic acids is 2. The number of nitrogens with one attached hydrogen (secondary N) is 1. The first-order valence-corrected chi connectivity index (χ1v) is 8.74. The molecule has 2 heterocycles. The Morgan fingerprint density at radius 1 is 1.19 bits per heavy atom. The molecule has 0 radical (unpaired) electrons. The van der Waals surface area contributed by atoms with Crippen molar-refractivity contribution in [1.82, 2.24) is 15.4 Å². The van der Waals surface area contributed by atoms with Crippen LogP contribution in [-0.2, 0) is 4.79 Å². The Morgan fingerprint density at radius 2 is 1.96 bits per heavy atom. The minimum Gasteiger partial charge on any atom is -0.490 e. The van der Waals surface area contributed by atoms with E-state index in [0.29, 0.717) is 24.4 Å². The minimum atomic E-state index is -0.605. The zero-order valence-electron chi connectivity index (χ0n) is 14.7. The molecule has 2 amide bonds. The molecule has 0 saturated carbocycles. The average Bonchev–Trinajstić information content (AvgIpc) is 2.73. The normalized spacial score (nSPS) is 14.9. The predicted octanol–water partition coefficient (Wildman–Crippen LogP) is 2.28. The third-order valence-electron chi connectivity index (χ3n) is 4.37. The van der Waals surface area contributed by atoms with Crippen molar-refractivity contribution < 1.29 is 19.5 Å². The van der Waals surface area contributed by atoms with Crippen LogP contribution in [0.1, 0.15) is 28.8 Å². The van der Waals surface area contributed by atoms with Crippen molar-refractivity contribution in [1.29, 1.82) is 0 Å². The average molecular weight is 367 g/mol. The van der Waals surface area contributed by atoms with E-state index in [9.17, 15) is 9.59 Å². The van der Waals surface area contributed by atoms with E-state index < -0.39 is 5.91 Å².